The predicted octanol–water partition coefficient (Wildman–Crippen LogP) is 2.89. The molecule has 0 saturated heterocycles. The number of rotatable bonds is 4. The molecule has 1 nitrogen and oxygen atoms in total. The van der Waals surface area contributed by atoms with Crippen LogP contribution in [0.4, 0.5) is 0 Å². The molecular formula is C9H11NS. The second-order valence-electron chi connectivity index (χ2n) is 1.82. The van der Waals surface area contributed by atoms with Crippen LogP contribution >= 0.6 is 11.8 Å². The van der Waals surface area contributed by atoms with Crippen LogP contribution in [-0.2, 0) is 0 Å². The Labute approximate surface area is 72.1 Å². The van der Waals surface area contributed by atoms with Crippen molar-refractivity contribution in [3.05, 3.63) is 37.0 Å². The smallest absolute Gasteiger partial charge is 0.134 e. The van der Waals surface area contributed by atoms with Gasteiger partial charge in [0.15, 0.2) is 0 Å². The Kier molecular flexibility index (Phi) is 6.56. The van der Waals surface area contributed by atoms with Crippen LogP contribution < -0.4 is 0 Å². The summed E-state index contributed by atoms with van der Waals surface area (Å²) in [5, 5.41) is 10.5. The molecule has 0 fully saturated rings. The van der Waals surface area contributed by atoms with Gasteiger partial charge in [-0.15, -0.1) is 6.58 Å². The molecule has 58 valence electrons. The van der Waals surface area contributed by atoms with Gasteiger partial charge in [-0.3, -0.25) is 0 Å². The van der Waals surface area contributed by atoms with Crippen molar-refractivity contribution in [1.82, 2.24) is 0 Å². The molecule has 2 heteroatoms. The number of nitrogens with zero attached hydrogens (tertiary/aromatic N) is 1. The number of thioether (sulfide) groups is 1. The van der Waals surface area contributed by atoms with E-state index in [1.54, 1.807) is 6.08 Å². The zero-order chi connectivity index (χ0) is 8.53. The van der Waals surface area contributed by atoms with Crippen molar-refractivity contribution in [2.24, 2.45) is 0 Å². The highest BCUT2D eigenvalue weighted by molar-refractivity contribution is 8.04. The van der Waals surface area contributed by atoms with Gasteiger partial charge in [0.2, 0.25) is 0 Å². The first-order chi connectivity index (χ1) is 5.35. The lowest BCUT2D eigenvalue weighted by Gasteiger charge is -1.95. The van der Waals surface area contributed by atoms with Crippen LogP contribution in [0.3, 0.4) is 0 Å². The van der Waals surface area contributed by atoms with Crippen LogP contribution in [0.15, 0.2) is 37.0 Å². The highest BCUT2D eigenvalue weighted by Crippen LogP contribution is 2.10. The summed E-state index contributed by atoms with van der Waals surface area (Å²) >= 11 is 1.19. The summed E-state index contributed by atoms with van der Waals surface area (Å²) in [6.45, 7) is 5.56. The molecule has 0 heterocycles. The summed E-state index contributed by atoms with van der Waals surface area (Å²) in [4.78, 5) is 0. The first-order valence-corrected chi connectivity index (χ1v) is 4.20. The first kappa shape index (κ1) is 10.1. The van der Waals surface area contributed by atoms with Crippen LogP contribution in [-0.4, -0.2) is 5.25 Å². The highest BCUT2D eigenvalue weighted by atomic mass is 32.2. The van der Waals surface area contributed by atoms with Crippen LogP contribution in [0, 0.1) is 10.7 Å². The van der Waals surface area contributed by atoms with Crippen LogP contribution in [0.1, 0.15) is 6.92 Å². The van der Waals surface area contributed by atoms with E-state index in [0.29, 0.717) is 0 Å². The molecule has 0 saturated carbocycles. The lowest BCUT2D eigenvalue weighted by atomic mass is 10.3. The maximum atomic E-state index is 8.34. The number of thiocyanates is 1. The summed E-state index contributed by atoms with van der Waals surface area (Å²) in [5.74, 6) is 0. The Morgan fingerprint density at radius 1 is 1.55 bits per heavy atom. The fraction of sp³-hybridized carbons (Fsp3) is 0.222. The molecule has 0 amide bonds. The van der Waals surface area contributed by atoms with Crippen molar-refractivity contribution in [3.8, 4) is 5.40 Å². The molecule has 1 unspecified atom stereocenters. The number of hydrogen-bond donors (Lipinski definition) is 0. The minimum Gasteiger partial charge on any atom is -0.185 e. The number of allylic oxidation sites excluding steroid dienone is 3. The van der Waals surface area contributed by atoms with E-state index >= 15 is 0 Å². The molecular weight excluding hydrogens is 154 g/mol. The first-order valence-electron chi connectivity index (χ1n) is 3.32. The topological polar surface area (TPSA) is 23.8 Å². The van der Waals surface area contributed by atoms with E-state index in [2.05, 4.69) is 6.58 Å². The molecule has 0 aliphatic rings. The van der Waals surface area contributed by atoms with E-state index in [1.165, 1.54) is 11.8 Å². The zero-order valence-corrected chi connectivity index (χ0v) is 7.34. The molecule has 0 aliphatic carbocycles. The Balaban J connectivity index is 3.88. The highest BCUT2D eigenvalue weighted by Gasteiger charge is 1.95. The monoisotopic (exact) mass is 165 g/mol. The lowest BCUT2D eigenvalue weighted by molar-refractivity contribution is 1.43. The average molecular weight is 165 g/mol. The normalized spacial score (nSPS) is 13.5. The summed E-state index contributed by atoms with van der Waals surface area (Å²) in [5.41, 5.74) is 0. The van der Waals surface area contributed by atoms with Crippen molar-refractivity contribution >= 4 is 11.8 Å². The van der Waals surface area contributed by atoms with E-state index in [1.807, 2.05) is 36.6 Å². The summed E-state index contributed by atoms with van der Waals surface area (Å²) in [6, 6.07) is 0. The summed E-state index contributed by atoms with van der Waals surface area (Å²) < 4.78 is 0. The molecule has 0 N–H and O–H groups in total. The third-order valence-electron chi connectivity index (χ3n) is 1.03. The second-order valence-corrected chi connectivity index (χ2v) is 2.78. The van der Waals surface area contributed by atoms with E-state index in [4.69, 9.17) is 5.26 Å². The summed E-state index contributed by atoms with van der Waals surface area (Å²) in [7, 11) is 0. The SMILES string of the molecule is C=CC(C=C/C=C\C)SC#N. The van der Waals surface area contributed by atoms with Crippen molar-refractivity contribution in [1.29, 1.82) is 5.26 Å². The molecule has 0 radical (unpaired) electrons. The van der Waals surface area contributed by atoms with Gasteiger partial charge in [0.25, 0.3) is 0 Å². The molecule has 0 spiro atoms. The Morgan fingerprint density at radius 2 is 2.27 bits per heavy atom. The van der Waals surface area contributed by atoms with Gasteiger partial charge >= 0.3 is 0 Å². The van der Waals surface area contributed by atoms with Gasteiger partial charge in [0.05, 0.1) is 5.25 Å². The van der Waals surface area contributed by atoms with E-state index in [-0.39, 0.29) is 5.25 Å². The lowest BCUT2D eigenvalue weighted by Crippen LogP contribution is -1.87. The van der Waals surface area contributed by atoms with E-state index in [0.717, 1.165) is 0 Å². The number of hydrogen-bond acceptors (Lipinski definition) is 2. The van der Waals surface area contributed by atoms with E-state index in [9.17, 15) is 0 Å². The molecule has 0 aromatic heterocycles. The standard InChI is InChI=1S/C9H11NS/c1-3-5-6-7-9(4-2)11-8-10/h3-7,9H,2H2,1H3/b5-3-,7-6?. The summed E-state index contributed by atoms with van der Waals surface area (Å²) in [6.07, 6.45) is 9.45. The van der Waals surface area contributed by atoms with Gasteiger partial charge in [-0.05, 0) is 18.7 Å². The molecule has 0 bridgehead atoms. The van der Waals surface area contributed by atoms with Gasteiger partial charge in [-0.2, -0.15) is 5.26 Å². The number of nitriles is 1. The van der Waals surface area contributed by atoms with Gasteiger partial charge in [-0.1, -0.05) is 30.4 Å². The molecule has 11 heavy (non-hydrogen) atoms. The Morgan fingerprint density at radius 3 is 2.73 bits per heavy atom. The molecule has 0 rings (SSSR count). The van der Waals surface area contributed by atoms with Crippen molar-refractivity contribution in [2.45, 2.75) is 12.2 Å². The minimum atomic E-state index is 0.108. The van der Waals surface area contributed by atoms with Gasteiger partial charge in [0.1, 0.15) is 5.40 Å². The Bertz CT molecular complexity index is 198. The predicted molar refractivity (Wildman–Crippen MR) is 51.1 cm³/mol. The fourth-order valence-corrected chi connectivity index (χ4v) is 0.899. The van der Waals surface area contributed by atoms with Gasteiger partial charge in [-0.25, -0.2) is 0 Å². The minimum absolute atomic E-state index is 0.108. The zero-order valence-electron chi connectivity index (χ0n) is 6.53. The molecule has 0 aliphatic heterocycles. The van der Waals surface area contributed by atoms with Gasteiger partial charge < -0.3 is 0 Å². The largest absolute Gasteiger partial charge is 0.185 e. The molecule has 1 atom stereocenters. The second kappa shape index (κ2) is 7.17. The third kappa shape index (κ3) is 5.50. The van der Waals surface area contributed by atoms with Crippen LogP contribution in [0.2, 0.25) is 0 Å². The van der Waals surface area contributed by atoms with Crippen LogP contribution in [0.25, 0.3) is 0 Å². The third-order valence-corrected chi connectivity index (χ3v) is 1.75. The average Bonchev–Trinajstić information content (AvgIpc) is 2.03. The quantitative estimate of drug-likeness (QED) is 0.363. The molecule has 0 aromatic carbocycles. The van der Waals surface area contributed by atoms with Crippen molar-refractivity contribution in [3.63, 3.8) is 0 Å². The maximum absolute atomic E-state index is 8.34. The maximum Gasteiger partial charge on any atom is 0.134 e. The Hall–Kier alpha value is -0.940. The van der Waals surface area contributed by atoms with Gasteiger partial charge in [0, 0.05) is 0 Å². The molecule has 0 aromatic rings. The van der Waals surface area contributed by atoms with Crippen molar-refractivity contribution < 1.29 is 0 Å². The van der Waals surface area contributed by atoms with Crippen LogP contribution in [0.5, 0.6) is 0 Å². The van der Waals surface area contributed by atoms with Crippen molar-refractivity contribution in [2.75, 3.05) is 0 Å². The van der Waals surface area contributed by atoms with E-state index < -0.39 is 0 Å². The fourth-order valence-electron chi connectivity index (χ4n) is 0.512.